The second kappa shape index (κ2) is 6.14. The minimum absolute atomic E-state index is 0.215. The second-order valence-electron chi connectivity index (χ2n) is 3.98. The van der Waals surface area contributed by atoms with Crippen molar-refractivity contribution in [3.05, 3.63) is 50.0 Å². The summed E-state index contributed by atoms with van der Waals surface area (Å²) in [5, 5.41) is 23.2. The Hall–Kier alpha value is -2.74. The molecule has 1 aromatic heterocycles. The van der Waals surface area contributed by atoms with Crippen LogP contribution >= 0.6 is 11.3 Å². The van der Waals surface area contributed by atoms with Crippen LogP contribution in [0.4, 0.5) is 5.69 Å². The number of carbonyl (C=O) groups excluding carboxylic acids is 1. The number of thiazole rings is 1. The van der Waals surface area contributed by atoms with Gasteiger partial charge in [-0.3, -0.25) is 14.9 Å². The highest BCUT2D eigenvalue weighted by atomic mass is 32.1. The van der Waals surface area contributed by atoms with Crippen LogP contribution in [0.5, 0.6) is 5.75 Å². The van der Waals surface area contributed by atoms with Gasteiger partial charge in [-0.1, -0.05) is 12.1 Å². The van der Waals surface area contributed by atoms with Crippen molar-refractivity contribution in [2.45, 2.75) is 0 Å². The maximum atomic E-state index is 11.4. The van der Waals surface area contributed by atoms with Crippen LogP contribution in [0.1, 0.15) is 20.2 Å². The molecule has 2 aromatic rings. The number of amides is 1. The molecule has 0 unspecified atom stereocenters. The SMILES string of the molecule is CNC(=O)c1cnc(/C=C/c2ccc(O)c([N+](=O)[O-])c2)s1. The van der Waals surface area contributed by atoms with Gasteiger partial charge in [-0.2, -0.15) is 0 Å². The Kier molecular flexibility index (Phi) is 4.29. The number of hydrogen-bond donors (Lipinski definition) is 2. The normalized spacial score (nSPS) is 10.7. The molecule has 0 fully saturated rings. The van der Waals surface area contributed by atoms with E-state index in [2.05, 4.69) is 10.3 Å². The Morgan fingerprint density at radius 1 is 1.48 bits per heavy atom. The van der Waals surface area contributed by atoms with Crippen LogP contribution in [0.3, 0.4) is 0 Å². The summed E-state index contributed by atoms with van der Waals surface area (Å²) < 4.78 is 0. The molecule has 0 saturated carbocycles. The quantitative estimate of drug-likeness (QED) is 0.666. The molecule has 21 heavy (non-hydrogen) atoms. The second-order valence-corrected chi connectivity index (χ2v) is 5.04. The zero-order chi connectivity index (χ0) is 15.4. The molecule has 0 aliphatic rings. The fourth-order valence-corrected chi connectivity index (χ4v) is 2.32. The van der Waals surface area contributed by atoms with Crippen LogP contribution < -0.4 is 5.32 Å². The molecule has 0 aliphatic heterocycles. The van der Waals surface area contributed by atoms with E-state index in [1.807, 2.05) is 0 Å². The first kappa shape index (κ1) is 14.7. The Morgan fingerprint density at radius 2 is 2.24 bits per heavy atom. The Bertz CT molecular complexity index is 724. The van der Waals surface area contributed by atoms with Gasteiger partial charge in [-0.15, -0.1) is 11.3 Å². The number of nitrogens with one attached hydrogen (secondary N) is 1. The summed E-state index contributed by atoms with van der Waals surface area (Å²) in [4.78, 5) is 26.0. The molecule has 0 atom stereocenters. The molecule has 8 heteroatoms. The molecular formula is C13H11N3O4S. The predicted octanol–water partition coefficient (Wildman–Crippen LogP) is 2.29. The number of carbonyl (C=O) groups is 1. The van der Waals surface area contributed by atoms with Crippen LogP contribution in [-0.2, 0) is 0 Å². The van der Waals surface area contributed by atoms with Crippen LogP contribution in [0, 0.1) is 10.1 Å². The van der Waals surface area contributed by atoms with E-state index in [-0.39, 0.29) is 17.3 Å². The van der Waals surface area contributed by atoms with E-state index < -0.39 is 4.92 Å². The molecule has 108 valence electrons. The molecule has 1 heterocycles. The average molecular weight is 305 g/mol. The molecule has 1 aromatic carbocycles. The van der Waals surface area contributed by atoms with E-state index in [9.17, 15) is 20.0 Å². The van der Waals surface area contributed by atoms with Crippen LogP contribution in [0.25, 0.3) is 12.2 Å². The number of nitro groups is 1. The number of nitrogens with zero attached hydrogens (tertiary/aromatic N) is 2. The minimum Gasteiger partial charge on any atom is -0.502 e. The lowest BCUT2D eigenvalue weighted by atomic mass is 10.2. The van der Waals surface area contributed by atoms with Gasteiger partial charge in [-0.05, 0) is 17.7 Å². The van der Waals surface area contributed by atoms with E-state index in [4.69, 9.17) is 0 Å². The zero-order valence-electron chi connectivity index (χ0n) is 10.9. The highest BCUT2D eigenvalue weighted by Crippen LogP contribution is 2.27. The first-order valence-electron chi connectivity index (χ1n) is 5.84. The number of phenols is 1. The van der Waals surface area contributed by atoms with Crippen molar-refractivity contribution in [3.63, 3.8) is 0 Å². The van der Waals surface area contributed by atoms with Gasteiger partial charge in [0.1, 0.15) is 9.88 Å². The number of benzene rings is 1. The molecule has 0 bridgehead atoms. The van der Waals surface area contributed by atoms with Gasteiger partial charge in [0.05, 0.1) is 11.1 Å². The van der Waals surface area contributed by atoms with E-state index in [1.54, 1.807) is 18.2 Å². The molecule has 0 spiro atoms. The number of rotatable bonds is 4. The van der Waals surface area contributed by atoms with E-state index in [0.717, 1.165) is 0 Å². The highest BCUT2D eigenvalue weighted by molar-refractivity contribution is 7.14. The van der Waals surface area contributed by atoms with Crippen LogP contribution in [-0.4, -0.2) is 28.0 Å². The fourth-order valence-electron chi connectivity index (χ4n) is 1.55. The van der Waals surface area contributed by atoms with Crippen molar-refractivity contribution in [2.24, 2.45) is 0 Å². The molecule has 7 nitrogen and oxygen atoms in total. The summed E-state index contributed by atoms with van der Waals surface area (Å²) in [6.45, 7) is 0. The number of hydrogen-bond acceptors (Lipinski definition) is 6. The summed E-state index contributed by atoms with van der Waals surface area (Å²) >= 11 is 1.21. The minimum atomic E-state index is -0.653. The summed E-state index contributed by atoms with van der Waals surface area (Å²) in [7, 11) is 1.53. The smallest absolute Gasteiger partial charge is 0.311 e. The van der Waals surface area contributed by atoms with Crippen molar-refractivity contribution >= 4 is 35.1 Å². The van der Waals surface area contributed by atoms with Crippen molar-refractivity contribution in [1.29, 1.82) is 0 Å². The van der Waals surface area contributed by atoms with Gasteiger partial charge in [0.25, 0.3) is 5.91 Å². The molecule has 2 rings (SSSR count). The third-order valence-electron chi connectivity index (χ3n) is 2.59. The third-order valence-corrected chi connectivity index (χ3v) is 3.55. The Morgan fingerprint density at radius 3 is 2.90 bits per heavy atom. The Balaban J connectivity index is 2.21. The van der Waals surface area contributed by atoms with Crippen LogP contribution in [0.15, 0.2) is 24.4 Å². The average Bonchev–Trinajstić information content (AvgIpc) is 2.94. The number of nitro benzene ring substituents is 1. The van der Waals surface area contributed by atoms with Crippen molar-refractivity contribution in [1.82, 2.24) is 10.3 Å². The van der Waals surface area contributed by atoms with Crippen molar-refractivity contribution in [3.8, 4) is 5.75 Å². The maximum Gasteiger partial charge on any atom is 0.311 e. The highest BCUT2D eigenvalue weighted by Gasteiger charge is 2.12. The van der Waals surface area contributed by atoms with Gasteiger partial charge < -0.3 is 10.4 Å². The first-order chi connectivity index (χ1) is 10.0. The van der Waals surface area contributed by atoms with Crippen LogP contribution in [0.2, 0.25) is 0 Å². The number of aromatic nitrogens is 1. The monoisotopic (exact) mass is 305 g/mol. The lowest BCUT2D eigenvalue weighted by Gasteiger charge is -1.97. The molecular weight excluding hydrogens is 294 g/mol. The van der Waals surface area contributed by atoms with Gasteiger partial charge in [0.2, 0.25) is 0 Å². The van der Waals surface area contributed by atoms with Gasteiger partial charge >= 0.3 is 5.69 Å². The molecule has 0 aliphatic carbocycles. The summed E-state index contributed by atoms with van der Waals surface area (Å²) in [5.74, 6) is -0.597. The molecule has 0 radical (unpaired) electrons. The topological polar surface area (TPSA) is 105 Å². The summed E-state index contributed by atoms with van der Waals surface area (Å²) in [5.41, 5.74) is 0.193. The van der Waals surface area contributed by atoms with Crippen molar-refractivity contribution in [2.75, 3.05) is 7.05 Å². The molecule has 1 amide bonds. The van der Waals surface area contributed by atoms with Crippen molar-refractivity contribution < 1.29 is 14.8 Å². The van der Waals surface area contributed by atoms with E-state index in [0.29, 0.717) is 15.4 Å². The van der Waals surface area contributed by atoms with Gasteiger partial charge in [0, 0.05) is 13.1 Å². The Labute approximate surface area is 123 Å². The fraction of sp³-hybridized carbons (Fsp3) is 0.0769. The van der Waals surface area contributed by atoms with E-state index in [1.165, 1.54) is 36.7 Å². The third kappa shape index (κ3) is 3.42. The standard InChI is InChI=1S/C13H11N3O4S/c1-14-13(18)11-7-15-12(21-11)5-3-8-2-4-10(17)9(6-8)16(19)20/h2-7,17H,1H3,(H,14,18)/b5-3+. The zero-order valence-corrected chi connectivity index (χ0v) is 11.8. The maximum absolute atomic E-state index is 11.4. The lowest BCUT2D eigenvalue weighted by Crippen LogP contribution is -2.16. The largest absolute Gasteiger partial charge is 0.502 e. The molecule has 0 saturated heterocycles. The summed E-state index contributed by atoms with van der Waals surface area (Å²) in [6, 6.07) is 4.07. The lowest BCUT2D eigenvalue weighted by molar-refractivity contribution is -0.385. The summed E-state index contributed by atoms with van der Waals surface area (Å²) in [6.07, 6.45) is 4.73. The number of phenolic OH excluding ortho intramolecular Hbond substituents is 1. The molecule has 2 N–H and O–H groups in total. The first-order valence-corrected chi connectivity index (χ1v) is 6.66. The number of aromatic hydroxyl groups is 1. The van der Waals surface area contributed by atoms with Gasteiger partial charge in [-0.25, -0.2) is 4.98 Å². The van der Waals surface area contributed by atoms with Gasteiger partial charge in [0.15, 0.2) is 5.75 Å². The van der Waals surface area contributed by atoms with E-state index >= 15 is 0 Å². The predicted molar refractivity (Wildman–Crippen MR) is 79.2 cm³/mol.